The zero-order valence-corrected chi connectivity index (χ0v) is 20.2. The number of nitrogens with two attached hydrogens (primary N) is 4. The Kier molecular flexibility index (Phi) is 13.9. The van der Waals surface area contributed by atoms with Crippen LogP contribution < -0.4 is 38.9 Å². The van der Waals surface area contributed by atoms with Crippen LogP contribution in [0.15, 0.2) is 4.99 Å². The van der Waals surface area contributed by atoms with E-state index in [0.29, 0.717) is 0 Å². The number of carbonyl (C=O) groups excluding carboxylic acids is 4. The van der Waals surface area contributed by atoms with Gasteiger partial charge in [0.05, 0.1) is 12.1 Å². The predicted molar refractivity (Wildman–Crippen MR) is 126 cm³/mol. The van der Waals surface area contributed by atoms with Crippen molar-refractivity contribution in [1.82, 2.24) is 16.0 Å². The summed E-state index contributed by atoms with van der Waals surface area (Å²) in [6.07, 6.45) is -1.28. The number of aliphatic hydroxyl groups excluding tert-OH is 1. The van der Waals surface area contributed by atoms with Gasteiger partial charge in [0.1, 0.15) is 18.1 Å². The fourth-order valence-electron chi connectivity index (χ4n) is 2.90. The van der Waals surface area contributed by atoms with Gasteiger partial charge in [-0.05, 0) is 32.1 Å². The molecular formula is C20H38N8O7. The minimum atomic E-state index is -1.51. The third-order valence-corrected chi connectivity index (χ3v) is 4.91. The molecule has 0 bridgehead atoms. The molecule has 0 aromatic heterocycles. The van der Waals surface area contributed by atoms with Crippen LogP contribution in [0.1, 0.15) is 46.5 Å². The molecule has 200 valence electrons. The molecule has 0 aliphatic rings. The maximum absolute atomic E-state index is 12.9. The van der Waals surface area contributed by atoms with Crippen molar-refractivity contribution in [3.63, 3.8) is 0 Å². The monoisotopic (exact) mass is 502 g/mol. The van der Waals surface area contributed by atoms with Gasteiger partial charge in [0.25, 0.3) is 0 Å². The van der Waals surface area contributed by atoms with Gasteiger partial charge in [0.15, 0.2) is 5.96 Å². The first-order valence-electron chi connectivity index (χ1n) is 11.1. The quantitative estimate of drug-likeness (QED) is 0.0563. The number of hydrogen-bond donors (Lipinski definition) is 9. The predicted octanol–water partition coefficient (Wildman–Crippen LogP) is -3.79. The lowest BCUT2D eigenvalue weighted by atomic mass is 10.0. The van der Waals surface area contributed by atoms with Gasteiger partial charge >= 0.3 is 5.97 Å². The summed E-state index contributed by atoms with van der Waals surface area (Å²) < 4.78 is 0. The molecule has 0 saturated carbocycles. The van der Waals surface area contributed by atoms with Crippen molar-refractivity contribution in [2.45, 2.75) is 76.7 Å². The second-order valence-electron chi connectivity index (χ2n) is 8.42. The largest absolute Gasteiger partial charge is 0.480 e. The molecule has 0 rings (SSSR count). The van der Waals surface area contributed by atoms with E-state index in [1.807, 2.05) is 0 Å². The molecular weight excluding hydrogens is 464 g/mol. The number of carbonyl (C=O) groups is 5. The van der Waals surface area contributed by atoms with E-state index in [0.717, 1.165) is 0 Å². The van der Waals surface area contributed by atoms with Crippen molar-refractivity contribution in [3.05, 3.63) is 0 Å². The normalized spacial score (nSPS) is 15.1. The van der Waals surface area contributed by atoms with Crippen LogP contribution in [-0.4, -0.2) is 82.6 Å². The number of rotatable bonds is 16. The Balaban J connectivity index is 5.52. The van der Waals surface area contributed by atoms with Crippen LogP contribution in [0.4, 0.5) is 0 Å². The van der Waals surface area contributed by atoms with Crippen molar-refractivity contribution in [2.75, 3.05) is 6.54 Å². The second-order valence-corrected chi connectivity index (χ2v) is 8.42. The van der Waals surface area contributed by atoms with E-state index in [2.05, 4.69) is 20.9 Å². The van der Waals surface area contributed by atoms with Gasteiger partial charge in [-0.15, -0.1) is 0 Å². The van der Waals surface area contributed by atoms with Gasteiger partial charge in [0.2, 0.25) is 23.6 Å². The number of primary amides is 1. The average Bonchev–Trinajstić information content (AvgIpc) is 2.74. The minimum Gasteiger partial charge on any atom is -0.480 e. The summed E-state index contributed by atoms with van der Waals surface area (Å²) in [4.78, 5) is 64.1. The number of carboxylic acids is 1. The number of nitrogens with zero attached hydrogens (tertiary/aromatic N) is 1. The summed E-state index contributed by atoms with van der Waals surface area (Å²) >= 11 is 0. The van der Waals surface area contributed by atoms with E-state index in [1.54, 1.807) is 13.8 Å². The van der Waals surface area contributed by atoms with E-state index in [4.69, 9.17) is 22.9 Å². The second kappa shape index (κ2) is 15.4. The first kappa shape index (κ1) is 31.5. The van der Waals surface area contributed by atoms with Gasteiger partial charge in [0, 0.05) is 13.0 Å². The molecule has 13 N–H and O–H groups in total. The van der Waals surface area contributed by atoms with Crippen molar-refractivity contribution >= 4 is 35.6 Å². The summed E-state index contributed by atoms with van der Waals surface area (Å²) in [5.41, 5.74) is 21.4. The SMILES string of the molecule is CC(C)C(NC(=O)C(NC(=O)C(CCCN=C(N)N)NC(=O)C(N)CCC(N)=O)C(C)O)C(=O)O. The Labute approximate surface area is 203 Å². The van der Waals surface area contributed by atoms with Crippen molar-refractivity contribution in [1.29, 1.82) is 0 Å². The minimum absolute atomic E-state index is 0.0365. The highest BCUT2D eigenvalue weighted by molar-refractivity contribution is 5.94. The Morgan fingerprint density at radius 3 is 1.89 bits per heavy atom. The highest BCUT2D eigenvalue weighted by Gasteiger charge is 2.33. The number of amides is 4. The smallest absolute Gasteiger partial charge is 0.326 e. The molecule has 0 aromatic rings. The Bertz CT molecular complexity index is 783. The number of carboxylic acid groups (broad SMARTS) is 1. The van der Waals surface area contributed by atoms with Crippen LogP contribution in [0.25, 0.3) is 0 Å². The molecule has 0 spiro atoms. The highest BCUT2D eigenvalue weighted by atomic mass is 16.4. The lowest BCUT2D eigenvalue weighted by Gasteiger charge is -2.27. The molecule has 0 fully saturated rings. The fraction of sp³-hybridized carbons (Fsp3) is 0.700. The van der Waals surface area contributed by atoms with Gasteiger partial charge in [-0.2, -0.15) is 0 Å². The maximum Gasteiger partial charge on any atom is 0.326 e. The molecule has 4 amide bonds. The Hall–Kier alpha value is -3.46. The molecule has 0 aliphatic heterocycles. The van der Waals surface area contributed by atoms with Crippen molar-refractivity contribution in [2.24, 2.45) is 33.8 Å². The number of hydrogen-bond acceptors (Lipinski definition) is 8. The number of guanidine groups is 1. The van der Waals surface area contributed by atoms with E-state index in [-0.39, 0.29) is 38.2 Å². The van der Waals surface area contributed by atoms with E-state index >= 15 is 0 Å². The van der Waals surface area contributed by atoms with Gasteiger partial charge in [-0.1, -0.05) is 13.8 Å². The van der Waals surface area contributed by atoms with Crippen LogP contribution in [0.2, 0.25) is 0 Å². The summed E-state index contributed by atoms with van der Waals surface area (Å²) in [7, 11) is 0. The number of aliphatic hydroxyl groups is 1. The lowest BCUT2D eigenvalue weighted by molar-refractivity contribution is -0.144. The zero-order valence-electron chi connectivity index (χ0n) is 20.2. The lowest BCUT2D eigenvalue weighted by Crippen LogP contribution is -2.60. The molecule has 0 radical (unpaired) electrons. The van der Waals surface area contributed by atoms with E-state index in [9.17, 15) is 34.2 Å². The van der Waals surface area contributed by atoms with Gasteiger partial charge < -0.3 is 49.1 Å². The number of nitrogens with one attached hydrogen (secondary N) is 3. The van der Waals surface area contributed by atoms with E-state index < -0.39 is 65.8 Å². The van der Waals surface area contributed by atoms with Crippen LogP contribution in [0.3, 0.4) is 0 Å². The highest BCUT2D eigenvalue weighted by Crippen LogP contribution is 2.06. The van der Waals surface area contributed by atoms with Crippen LogP contribution in [-0.2, 0) is 24.0 Å². The topological polar surface area (TPSA) is 278 Å². The van der Waals surface area contributed by atoms with Crippen LogP contribution in [0, 0.1) is 5.92 Å². The molecule has 0 aromatic carbocycles. The first-order chi connectivity index (χ1) is 16.2. The van der Waals surface area contributed by atoms with Crippen molar-refractivity contribution in [3.8, 4) is 0 Å². The fourth-order valence-corrected chi connectivity index (χ4v) is 2.90. The Morgan fingerprint density at radius 2 is 1.43 bits per heavy atom. The van der Waals surface area contributed by atoms with Crippen LogP contribution >= 0.6 is 0 Å². The average molecular weight is 503 g/mol. The standard InChI is InChI=1S/C20H38N8O7/c1-9(2)14(19(34)35)27-18(33)15(10(3)29)28-17(32)12(5-4-8-25-20(23)24)26-16(31)11(21)6-7-13(22)30/h9-12,14-15,29H,4-8,21H2,1-3H3,(H2,22,30)(H,26,31)(H,27,33)(H,28,32)(H,34,35)(H4,23,24,25). The molecule has 35 heavy (non-hydrogen) atoms. The number of aliphatic carboxylic acids is 1. The first-order valence-corrected chi connectivity index (χ1v) is 11.1. The van der Waals surface area contributed by atoms with E-state index in [1.165, 1.54) is 6.92 Å². The van der Waals surface area contributed by atoms with Crippen LogP contribution in [0.5, 0.6) is 0 Å². The molecule has 15 nitrogen and oxygen atoms in total. The Morgan fingerprint density at radius 1 is 0.857 bits per heavy atom. The molecule has 15 heteroatoms. The summed E-state index contributed by atoms with van der Waals surface area (Å²) in [5, 5.41) is 26.4. The summed E-state index contributed by atoms with van der Waals surface area (Å²) in [5.74, 6) is -5.04. The maximum atomic E-state index is 12.9. The third-order valence-electron chi connectivity index (χ3n) is 4.91. The molecule has 0 saturated heterocycles. The van der Waals surface area contributed by atoms with Crippen molar-refractivity contribution < 1.29 is 34.2 Å². The molecule has 5 unspecified atom stereocenters. The summed E-state index contributed by atoms with van der Waals surface area (Å²) in [6, 6.07) is -5.10. The van der Waals surface area contributed by atoms with Gasteiger partial charge in [-0.25, -0.2) is 4.79 Å². The summed E-state index contributed by atoms with van der Waals surface area (Å²) in [6.45, 7) is 4.55. The zero-order chi connectivity index (χ0) is 27.3. The molecule has 5 atom stereocenters. The molecule has 0 aliphatic carbocycles. The van der Waals surface area contributed by atoms with Gasteiger partial charge in [-0.3, -0.25) is 24.2 Å². The number of aliphatic imine (C=N–C) groups is 1. The third kappa shape index (κ3) is 12.5. The molecule has 0 heterocycles.